The molecule has 0 aliphatic heterocycles. The molecule has 2 heteroatoms. The standard InChI is InChI=1S/C5H5.CO.Re/c1-2-4-5-3-1;1-2;/h1-3H,4H2;;. The van der Waals surface area contributed by atoms with Crippen LogP contribution in [0.5, 0.6) is 0 Å². The Bertz CT molecular complexity index is 116. The van der Waals surface area contributed by atoms with Gasteiger partial charge in [0.2, 0.25) is 0 Å². The Labute approximate surface area is 59.9 Å². The van der Waals surface area contributed by atoms with Crippen molar-refractivity contribution >= 4 is 6.79 Å². The van der Waals surface area contributed by atoms with Crippen molar-refractivity contribution in [2.45, 2.75) is 6.42 Å². The molecule has 0 atom stereocenters. The fraction of sp³-hybridized carbons (Fsp3) is 0.167. The van der Waals surface area contributed by atoms with Crippen molar-refractivity contribution in [2.24, 2.45) is 0 Å². The molecule has 1 aliphatic carbocycles. The number of hydrogen-bond acceptors (Lipinski definition) is 1. The summed E-state index contributed by atoms with van der Waals surface area (Å²) in [6, 6.07) is 0. The van der Waals surface area contributed by atoms with Crippen LogP contribution in [-0.4, -0.2) is 6.79 Å². The quantitative estimate of drug-likeness (QED) is 0.646. The predicted octanol–water partition coefficient (Wildman–Crippen LogP) is 0.980. The molecule has 1 nitrogen and oxygen atoms in total. The van der Waals surface area contributed by atoms with Gasteiger partial charge in [0.25, 0.3) is 6.79 Å². The van der Waals surface area contributed by atoms with E-state index in [1.165, 1.54) is 10.5 Å². The van der Waals surface area contributed by atoms with E-state index in [4.69, 9.17) is 4.79 Å². The van der Waals surface area contributed by atoms with E-state index in [1.807, 2.05) is 0 Å². The monoisotopic (exact) mass is 280 g/mol. The molecular formula is C6H5ORe. The molecule has 1 rings (SSSR count). The van der Waals surface area contributed by atoms with Crippen molar-refractivity contribution in [3.8, 4) is 0 Å². The van der Waals surface area contributed by atoms with Crippen LogP contribution in [0.3, 0.4) is 0 Å². The van der Waals surface area contributed by atoms with Gasteiger partial charge in [-0.2, -0.15) is 0 Å². The van der Waals surface area contributed by atoms with Crippen molar-refractivity contribution < 1.29 is 24.0 Å². The Morgan fingerprint density at radius 2 is 2.25 bits per heavy atom. The molecule has 0 spiro atoms. The maximum atomic E-state index is 7.50. The van der Waals surface area contributed by atoms with E-state index in [1.54, 1.807) is 19.2 Å². The van der Waals surface area contributed by atoms with Crippen LogP contribution in [-0.2, 0) is 24.0 Å². The van der Waals surface area contributed by atoms with Gasteiger partial charge >= 0.3 is 47.9 Å². The van der Waals surface area contributed by atoms with Gasteiger partial charge in [-0.15, -0.1) is 0 Å². The van der Waals surface area contributed by atoms with Crippen molar-refractivity contribution in [3.05, 3.63) is 22.3 Å². The Morgan fingerprint density at radius 1 is 1.62 bits per heavy atom. The molecule has 0 fully saturated rings. The third-order valence-electron chi connectivity index (χ3n) is 0.726. The fourth-order valence-electron chi connectivity index (χ4n) is 0.421. The average molecular weight is 279 g/mol. The van der Waals surface area contributed by atoms with E-state index >= 15 is 0 Å². The molecule has 0 N–H and O–H groups in total. The third-order valence-corrected chi connectivity index (χ3v) is 1.73. The minimum atomic E-state index is 1.19. The van der Waals surface area contributed by atoms with Crippen molar-refractivity contribution in [1.29, 1.82) is 0 Å². The second kappa shape index (κ2) is 4.96. The molecule has 0 heterocycles. The Balaban J connectivity index is 0.000000222. The molecule has 0 unspecified atom stereocenters. The molecule has 42 valence electrons. The van der Waals surface area contributed by atoms with Gasteiger partial charge in [-0.1, -0.05) is 0 Å². The molecule has 0 amide bonds. The predicted molar refractivity (Wildman–Crippen MR) is 27.5 cm³/mol. The van der Waals surface area contributed by atoms with Crippen molar-refractivity contribution in [3.63, 3.8) is 0 Å². The second-order valence-electron chi connectivity index (χ2n) is 1.25. The van der Waals surface area contributed by atoms with Crippen molar-refractivity contribution in [1.82, 2.24) is 0 Å². The average Bonchev–Trinajstić information content (AvgIpc) is 2.24. The summed E-state index contributed by atoms with van der Waals surface area (Å²) >= 11 is 1.78. The summed E-state index contributed by atoms with van der Waals surface area (Å²) in [6.45, 7) is 4.50. The first-order valence-corrected chi connectivity index (χ1v) is 3.47. The first kappa shape index (κ1) is 7.81. The van der Waals surface area contributed by atoms with Crippen LogP contribution in [0.25, 0.3) is 0 Å². The summed E-state index contributed by atoms with van der Waals surface area (Å²) in [7, 11) is 0. The molecular weight excluding hydrogens is 274 g/mol. The SMILES string of the molecule is [C]=O.[Re][C]1=CC=CC1. The fourth-order valence-corrected chi connectivity index (χ4v) is 1.00. The molecule has 0 aromatic heterocycles. The van der Waals surface area contributed by atoms with Gasteiger partial charge in [0, 0.05) is 0 Å². The van der Waals surface area contributed by atoms with Gasteiger partial charge in [-0.25, -0.2) is 0 Å². The molecule has 0 bridgehead atoms. The van der Waals surface area contributed by atoms with Gasteiger partial charge < -0.3 is 0 Å². The zero-order valence-corrected chi connectivity index (χ0v) is 6.94. The van der Waals surface area contributed by atoms with Gasteiger partial charge in [-0.05, 0) is 0 Å². The minimum absolute atomic E-state index is 1.19. The number of hydrogen-bond donors (Lipinski definition) is 0. The van der Waals surface area contributed by atoms with Crippen molar-refractivity contribution in [2.75, 3.05) is 0 Å². The molecule has 0 aromatic rings. The summed E-state index contributed by atoms with van der Waals surface area (Å²) < 4.78 is 1.52. The molecule has 0 aromatic carbocycles. The van der Waals surface area contributed by atoms with Crippen LogP contribution >= 0.6 is 0 Å². The van der Waals surface area contributed by atoms with E-state index in [-0.39, 0.29) is 0 Å². The van der Waals surface area contributed by atoms with Gasteiger partial charge in [0.1, 0.15) is 0 Å². The molecule has 8 heavy (non-hydrogen) atoms. The Morgan fingerprint density at radius 3 is 2.38 bits per heavy atom. The molecule has 0 saturated heterocycles. The maximum absolute atomic E-state index is 7.50. The van der Waals surface area contributed by atoms with Crippen LogP contribution in [0.1, 0.15) is 6.42 Å². The molecule has 0 saturated carbocycles. The first-order chi connectivity index (χ1) is 3.89. The van der Waals surface area contributed by atoms with Gasteiger partial charge in [0.05, 0.1) is 0 Å². The first-order valence-electron chi connectivity index (χ1n) is 2.11. The van der Waals surface area contributed by atoms with Gasteiger partial charge in [-0.3, -0.25) is 4.79 Å². The summed E-state index contributed by atoms with van der Waals surface area (Å²) in [6.07, 6.45) is 7.64. The summed E-state index contributed by atoms with van der Waals surface area (Å²) in [4.78, 5) is 7.50. The van der Waals surface area contributed by atoms with E-state index in [0.717, 1.165) is 0 Å². The number of rotatable bonds is 0. The normalized spacial score (nSPS) is 14.4. The topological polar surface area (TPSA) is 17.1 Å². The number of carbonyl (C=O) groups excluding carboxylic acids is 1. The Hall–Kier alpha value is -0.188. The zero-order valence-electron chi connectivity index (χ0n) is 4.23. The number of allylic oxidation sites excluding steroid dienone is 4. The van der Waals surface area contributed by atoms with Crippen LogP contribution in [0, 0.1) is 0 Å². The summed E-state index contributed by atoms with van der Waals surface area (Å²) in [5.41, 5.74) is 0. The van der Waals surface area contributed by atoms with Crippen LogP contribution in [0.2, 0.25) is 0 Å². The zero-order chi connectivity index (χ0) is 6.41. The van der Waals surface area contributed by atoms with Gasteiger partial charge in [0.15, 0.2) is 0 Å². The third kappa shape index (κ3) is 2.90. The van der Waals surface area contributed by atoms with E-state index < -0.39 is 0 Å². The van der Waals surface area contributed by atoms with Crippen LogP contribution in [0.4, 0.5) is 0 Å². The van der Waals surface area contributed by atoms with E-state index in [9.17, 15) is 0 Å². The summed E-state index contributed by atoms with van der Waals surface area (Å²) in [5, 5.41) is 0. The summed E-state index contributed by atoms with van der Waals surface area (Å²) in [5.74, 6) is 0. The Kier molecular flexibility index (Phi) is 4.84. The van der Waals surface area contributed by atoms with Crippen LogP contribution < -0.4 is 0 Å². The second-order valence-corrected chi connectivity index (χ2v) is 2.99. The molecule has 2 radical (unpaired) electrons. The molecule has 1 aliphatic rings. The van der Waals surface area contributed by atoms with Crippen LogP contribution in [0.15, 0.2) is 22.3 Å². The van der Waals surface area contributed by atoms with E-state index in [2.05, 4.69) is 25.0 Å². The van der Waals surface area contributed by atoms with E-state index in [0.29, 0.717) is 0 Å².